The van der Waals surface area contributed by atoms with Crippen molar-refractivity contribution >= 4 is 57.5 Å². The molecule has 5 rings (SSSR count). The predicted molar refractivity (Wildman–Crippen MR) is 164 cm³/mol. The van der Waals surface area contributed by atoms with Crippen molar-refractivity contribution < 1.29 is 9.47 Å². The number of hydrogen-bond acceptors (Lipinski definition) is 5. The normalized spacial score (nSPS) is 20.0. The smallest absolute Gasteiger partial charge is 0.174 e. The maximum absolute atomic E-state index is 7.11. The number of methoxy groups -OCH3 is 1. The van der Waals surface area contributed by atoms with Crippen LogP contribution in [0, 0.1) is 0 Å². The average Bonchev–Trinajstić information content (AvgIpc) is 3.25. The fourth-order valence-corrected chi connectivity index (χ4v) is 6.20. The molecule has 1 aromatic heterocycles. The molecule has 0 unspecified atom stereocenters. The third kappa shape index (κ3) is 5.21. The summed E-state index contributed by atoms with van der Waals surface area (Å²) < 4.78 is 10.9. The van der Waals surface area contributed by atoms with Crippen molar-refractivity contribution in [3.8, 4) is 5.75 Å². The van der Waals surface area contributed by atoms with E-state index in [4.69, 9.17) is 44.9 Å². The minimum absolute atomic E-state index is 0.120. The second-order valence-electron chi connectivity index (χ2n) is 10.4. The Kier molecular flexibility index (Phi) is 7.80. The van der Waals surface area contributed by atoms with Gasteiger partial charge in [0, 0.05) is 42.3 Å². The van der Waals surface area contributed by atoms with E-state index in [9.17, 15) is 0 Å². The molecule has 39 heavy (non-hydrogen) atoms. The first-order chi connectivity index (χ1) is 18.6. The van der Waals surface area contributed by atoms with Crippen molar-refractivity contribution in [1.29, 1.82) is 0 Å². The topological polar surface area (TPSA) is 49.9 Å². The van der Waals surface area contributed by atoms with Gasteiger partial charge in [0.1, 0.15) is 12.4 Å². The van der Waals surface area contributed by atoms with E-state index in [-0.39, 0.29) is 17.6 Å². The van der Waals surface area contributed by atoms with Gasteiger partial charge in [0.2, 0.25) is 0 Å². The Morgan fingerprint density at radius 2 is 1.87 bits per heavy atom. The van der Waals surface area contributed by atoms with Gasteiger partial charge in [-0.1, -0.05) is 35.3 Å². The number of nitrogens with one attached hydrogen (secondary N) is 1. The van der Waals surface area contributed by atoms with Crippen LogP contribution in [-0.4, -0.2) is 43.0 Å². The Hall–Kier alpha value is -2.84. The van der Waals surface area contributed by atoms with E-state index < -0.39 is 0 Å². The van der Waals surface area contributed by atoms with Crippen molar-refractivity contribution in [2.45, 2.75) is 38.4 Å². The third-order valence-electron chi connectivity index (χ3n) is 7.49. The van der Waals surface area contributed by atoms with Gasteiger partial charge in [-0.25, -0.2) is 0 Å². The first-order valence-electron chi connectivity index (χ1n) is 12.8. The largest absolute Gasteiger partial charge is 0.490 e. The average molecular weight is 584 g/mol. The summed E-state index contributed by atoms with van der Waals surface area (Å²) in [5, 5.41) is 5.23. The molecule has 0 spiro atoms. The lowest BCUT2D eigenvalue weighted by Gasteiger charge is -2.41. The van der Waals surface area contributed by atoms with Crippen LogP contribution in [-0.2, 0) is 4.74 Å². The lowest BCUT2D eigenvalue weighted by atomic mass is 9.86. The highest BCUT2D eigenvalue weighted by Crippen LogP contribution is 2.48. The third-order valence-corrected chi connectivity index (χ3v) is 8.43. The molecular formula is C30H32Cl2N4O2S. The fraction of sp³-hybridized carbons (Fsp3) is 0.333. The van der Waals surface area contributed by atoms with Crippen LogP contribution in [0.2, 0.25) is 10.0 Å². The van der Waals surface area contributed by atoms with Gasteiger partial charge in [-0.15, -0.1) is 0 Å². The summed E-state index contributed by atoms with van der Waals surface area (Å²) in [6, 6.07) is 15.4. The molecule has 2 atom stereocenters. The highest BCUT2D eigenvalue weighted by Gasteiger charge is 2.42. The second-order valence-corrected chi connectivity index (χ2v) is 11.6. The monoisotopic (exact) mass is 582 g/mol. The van der Waals surface area contributed by atoms with Gasteiger partial charge in [-0.3, -0.25) is 4.98 Å². The van der Waals surface area contributed by atoms with Crippen LogP contribution in [0.4, 0.5) is 11.4 Å². The zero-order valence-corrected chi connectivity index (χ0v) is 25.0. The van der Waals surface area contributed by atoms with Crippen LogP contribution >= 0.6 is 35.4 Å². The lowest BCUT2D eigenvalue weighted by Crippen LogP contribution is -2.42. The molecule has 1 saturated heterocycles. The number of halogens is 2. The predicted octanol–water partition coefficient (Wildman–Crippen LogP) is 7.22. The quantitative estimate of drug-likeness (QED) is 0.233. The molecule has 0 amide bonds. The van der Waals surface area contributed by atoms with Gasteiger partial charge >= 0.3 is 0 Å². The molecule has 1 fully saturated rings. The Bertz CT molecular complexity index is 1430. The number of aromatic nitrogens is 1. The minimum Gasteiger partial charge on any atom is -0.490 e. The summed E-state index contributed by atoms with van der Waals surface area (Å²) in [5.41, 5.74) is 6.00. The van der Waals surface area contributed by atoms with Crippen LogP contribution in [0.5, 0.6) is 5.75 Å². The summed E-state index contributed by atoms with van der Waals surface area (Å²) in [6.07, 6.45) is 4.09. The number of nitrogens with zero attached hydrogens (tertiary/aromatic N) is 3. The molecule has 0 saturated carbocycles. The summed E-state index contributed by atoms with van der Waals surface area (Å²) in [5.74, 6) is 0.589. The Morgan fingerprint density at radius 3 is 2.56 bits per heavy atom. The van der Waals surface area contributed by atoms with Crippen molar-refractivity contribution in [3.05, 3.63) is 87.7 Å². The van der Waals surface area contributed by atoms with Crippen LogP contribution in [0.3, 0.4) is 0 Å². The van der Waals surface area contributed by atoms with Gasteiger partial charge in [0.05, 0.1) is 34.9 Å². The Morgan fingerprint density at radius 1 is 1.08 bits per heavy atom. The first-order valence-corrected chi connectivity index (χ1v) is 14.0. The summed E-state index contributed by atoms with van der Waals surface area (Å²) in [7, 11) is 3.74. The molecule has 0 aliphatic carbocycles. The molecule has 2 aliphatic rings. The van der Waals surface area contributed by atoms with Gasteiger partial charge in [-0.2, -0.15) is 0 Å². The zero-order chi connectivity index (χ0) is 27.9. The molecule has 0 bridgehead atoms. The zero-order valence-electron chi connectivity index (χ0n) is 22.7. The number of likely N-dealkylation sites (N-methyl/N-ethyl adjacent to an activating group) is 1. The lowest BCUT2D eigenvalue weighted by molar-refractivity contribution is 0.146. The number of thiocarbonyl (C=S) groups is 1. The number of hydrogen-bond donors (Lipinski definition) is 1. The van der Waals surface area contributed by atoms with E-state index in [1.54, 1.807) is 13.3 Å². The van der Waals surface area contributed by atoms with Crippen LogP contribution < -0.4 is 19.9 Å². The standard InChI is InChI=1S/C30H32Cl2N4O2S/c1-18-17-30(2,3)35(4)25-16-22(31)21(15-20(18)25)28-27(24-8-6-7-11-33-24)34-29(39)36(28)19-9-10-26(23(32)14-19)38-13-12-37-5/h6-11,14-17,27-28H,12-13H2,1-5H3,(H,34,39)/t27-,28-/m1/s1. The number of ether oxygens (including phenoxy) is 2. The molecule has 6 nitrogen and oxygen atoms in total. The van der Waals surface area contributed by atoms with Crippen LogP contribution in [0.15, 0.2) is 60.8 Å². The van der Waals surface area contributed by atoms with E-state index in [1.807, 2.05) is 36.4 Å². The Balaban J connectivity index is 1.63. The molecule has 3 aromatic rings. The number of allylic oxidation sites excluding steroid dienone is 1. The number of fused-ring (bicyclic) bond motifs is 1. The molecule has 2 aromatic carbocycles. The van der Waals surface area contributed by atoms with Gasteiger partial charge in [0.15, 0.2) is 5.11 Å². The van der Waals surface area contributed by atoms with Gasteiger partial charge in [0.25, 0.3) is 0 Å². The summed E-state index contributed by atoms with van der Waals surface area (Å²) >= 11 is 19.7. The molecule has 1 N–H and O–H groups in total. The maximum Gasteiger partial charge on any atom is 0.174 e. The molecule has 3 heterocycles. The van der Waals surface area contributed by atoms with Crippen LogP contribution in [0.1, 0.15) is 49.7 Å². The highest BCUT2D eigenvalue weighted by molar-refractivity contribution is 7.80. The van der Waals surface area contributed by atoms with Crippen LogP contribution in [0.25, 0.3) is 5.57 Å². The number of anilines is 2. The van der Waals surface area contributed by atoms with Crippen molar-refractivity contribution in [2.24, 2.45) is 0 Å². The minimum atomic E-state index is -0.269. The highest BCUT2D eigenvalue weighted by atomic mass is 35.5. The summed E-state index contributed by atoms with van der Waals surface area (Å²) in [6.45, 7) is 7.44. The molecule has 0 radical (unpaired) electrons. The van der Waals surface area contributed by atoms with E-state index >= 15 is 0 Å². The van der Waals surface area contributed by atoms with Crippen molar-refractivity contribution in [3.63, 3.8) is 0 Å². The molecule has 204 valence electrons. The number of pyridine rings is 1. The maximum atomic E-state index is 7.11. The van der Waals surface area contributed by atoms with E-state index in [0.29, 0.717) is 34.1 Å². The molecule has 2 aliphatic heterocycles. The van der Waals surface area contributed by atoms with Crippen molar-refractivity contribution in [2.75, 3.05) is 37.2 Å². The van der Waals surface area contributed by atoms with E-state index in [0.717, 1.165) is 28.2 Å². The number of benzene rings is 2. The molecular weight excluding hydrogens is 551 g/mol. The second kappa shape index (κ2) is 11.0. The van der Waals surface area contributed by atoms with E-state index in [2.05, 4.69) is 66.1 Å². The van der Waals surface area contributed by atoms with E-state index in [1.165, 1.54) is 5.57 Å². The van der Waals surface area contributed by atoms with Crippen molar-refractivity contribution in [1.82, 2.24) is 10.3 Å². The SMILES string of the molecule is COCCOc1ccc(N2C(=S)N[C@H](c3ccccn3)[C@H]2c2cc3c(cc2Cl)N(C)C(C)(C)C=C3C)cc1Cl. The van der Waals surface area contributed by atoms with Gasteiger partial charge < -0.3 is 24.6 Å². The summed E-state index contributed by atoms with van der Waals surface area (Å²) in [4.78, 5) is 9.00. The first kappa shape index (κ1) is 27.7. The Labute approximate surface area is 245 Å². The molecule has 9 heteroatoms. The number of rotatable bonds is 7. The fourth-order valence-electron chi connectivity index (χ4n) is 5.36. The van der Waals surface area contributed by atoms with Gasteiger partial charge in [-0.05, 0) is 86.6 Å².